The molecular formula is C51H32N4S. The molecule has 11 rings (SSSR count). The molecule has 0 aliphatic carbocycles. The molecule has 0 N–H and O–H groups in total. The largest absolute Gasteiger partial charge is 0.309 e. The quantitative estimate of drug-likeness (QED) is 0.170. The maximum absolute atomic E-state index is 9.93. The Morgan fingerprint density at radius 1 is 0.411 bits per heavy atom. The number of fused-ring (bicyclic) bond motifs is 6. The summed E-state index contributed by atoms with van der Waals surface area (Å²) < 4.78 is 127. The van der Waals surface area contributed by atoms with Crippen molar-refractivity contribution >= 4 is 53.3 Å². The monoisotopic (exact) mass is 746 g/mol. The van der Waals surface area contributed by atoms with Crippen LogP contribution in [0.15, 0.2) is 194 Å². The number of para-hydroxylation sites is 1. The Hall–Kier alpha value is -7.21. The van der Waals surface area contributed by atoms with Crippen molar-refractivity contribution in [1.82, 2.24) is 19.5 Å². The van der Waals surface area contributed by atoms with E-state index in [0.717, 1.165) is 33.6 Å². The van der Waals surface area contributed by atoms with Crippen molar-refractivity contribution < 1.29 is 19.2 Å². The molecule has 8 aromatic carbocycles. The maximum atomic E-state index is 9.93. The lowest BCUT2D eigenvalue weighted by Gasteiger charge is -2.12. The van der Waals surface area contributed by atoms with Gasteiger partial charge in [0.05, 0.1) is 30.2 Å². The molecule has 4 nitrogen and oxygen atoms in total. The van der Waals surface area contributed by atoms with Gasteiger partial charge in [-0.25, -0.2) is 15.0 Å². The third-order valence-electron chi connectivity index (χ3n) is 9.65. The number of nitrogens with zero attached hydrogens (tertiary/aromatic N) is 4. The van der Waals surface area contributed by atoms with Crippen LogP contribution in [0.4, 0.5) is 0 Å². The average molecular weight is 747 g/mol. The van der Waals surface area contributed by atoms with E-state index in [1.807, 2.05) is 84.9 Å². The molecule has 0 atom stereocenters. The second kappa shape index (κ2) is 13.3. The van der Waals surface area contributed by atoms with Crippen LogP contribution in [0.1, 0.15) is 19.2 Å². The fraction of sp³-hybridized carbons (Fsp3) is 0. The van der Waals surface area contributed by atoms with E-state index in [-0.39, 0.29) is 53.1 Å². The zero-order chi connectivity index (χ0) is 49.2. The molecule has 5 heteroatoms. The molecule has 262 valence electrons. The molecule has 0 unspecified atom stereocenters. The van der Waals surface area contributed by atoms with Gasteiger partial charge in [0.2, 0.25) is 0 Å². The summed E-state index contributed by atoms with van der Waals surface area (Å²) in [4.78, 5) is 14.6. The third kappa shape index (κ3) is 5.48. The summed E-state index contributed by atoms with van der Waals surface area (Å²) in [6.07, 6.45) is 0. The van der Waals surface area contributed by atoms with Gasteiger partial charge >= 0.3 is 0 Å². The third-order valence-corrected chi connectivity index (χ3v) is 10.8. The van der Waals surface area contributed by atoms with E-state index in [9.17, 15) is 6.85 Å². The number of benzene rings is 8. The number of hydrogen-bond donors (Lipinski definition) is 0. The molecule has 3 heterocycles. The zero-order valence-corrected chi connectivity index (χ0v) is 29.9. The second-order valence-electron chi connectivity index (χ2n) is 13.0. The average Bonchev–Trinajstić information content (AvgIpc) is 3.97. The molecule has 0 spiro atoms. The van der Waals surface area contributed by atoms with Crippen molar-refractivity contribution in [1.29, 1.82) is 0 Å². The van der Waals surface area contributed by atoms with Crippen molar-refractivity contribution in [3.63, 3.8) is 0 Å². The number of rotatable bonds is 6. The summed E-state index contributed by atoms with van der Waals surface area (Å²) >= 11 is 0.830. The summed E-state index contributed by atoms with van der Waals surface area (Å²) in [5.41, 5.74) is 3.72. The Balaban J connectivity index is 1.15. The molecule has 0 saturated heterocycles. The van der Waals surface area contributed by atoms with Gasteiger partial charge < -0.3 is 4.57 Å². The Morgan fingerprint density at radius 3 is 1.66 bits per heavy atom. The van der Waals surface area contributed by atoms with Crippen LogP contribution in [-0.2, 0) is 0 Å². The van der Waals surface area contributed by atoms with Gasteiger partial charge in [0.15, 0.2) is 17.5 Å². The van der Waals surface area contributed by atoms with Gasteiger partial charge in [-0.3, -0.25) is 0 Å². The Bertz CT molecular complexity index is 4030. The van der Waals surface area contributed by atoms with Gasteiger partial charge in [-0.15, -0.1) is 11.3 Å². The lowest BCUT2D eigenvalue weighted by molar-refractivity contribution is 1.07. The minimum Gasteiger partial charge on any atom is -0.309 e. The van der Waals surface area contributed by atoms with Crippen molar-refractivity contribution in [2.75, 3.05) is 0 Å². The lowest BCUT2D eigenvalue weighted by Crippen LogP contribution is -2.00. The highest BCUT2D eigenvalue weighted by Crippen LogP contribution is 2.42. The molecule has 0 saturated carbocycles. The molecule has 56 heavy (non-hydrogen) atoms. The van der Waals surface area contributed by atoms with E-state index in [0.29, 0.717) is 28.7 Å². The topological polar surface area (TPSA) is 43.6 Å². The normalized spacial score (nSPS) is 15.1. The smallest absolute Gasteiger partial charge is 0.164 e. The van der Waals surface area contributed by atoms with E-state index in [1.165, 1.54) is 4.57 Å². The predicted octanol–water partition coefficient (Wildman–Crippen LogP) is 13.7. The van der Waals surface area contributed by atoms with Crippen molar-refractivity contribution in [3.8, 4) is 62.1 Å². The van der Waals surface area contributed by atoms with Gasteiger partial charge in [-0.2, -0.15) is 0 Å². The first-order chi connectivity index (χ1) is 33.6. The molecular weight excluding hydrogens is 701 g/mol. The van der Waals surface area contributed by atoms with Gasteiger partial charge in [0.1, 0.15) is 0 Å². The fourth-order valence-corrected chi connectivity index (χ4v) is 8.02. The Morgan fingerprint density at radius 2 is 0.946 bits per heavy atom. The fourth-order valence-electron chi connectivity index (χ4n) is 6.95. The first-order valence-corrected chi connectivity index (χ1v) is 18.5. The van der Waals surface area contributed by atoms with Gasteiger partial charge in [0, 0.05) is 53.3 Å². The molecule has 0 bridgehead atoms. The molecule has 0 amide bonds. The highest BCUT2D eigenvalue weighted by Gasteiger charge is 2.17. The minimum atomic E-state index is -0.628. The SMILES string of the molecule is [2H]c1c([2H])c([2H])c2c(sc3c(-c4c([2H])c([2H])c5c6c([2H])c([2H])c([2H])c([2H])c6n(-c6ccc(-c7nc(-c8ccccc8)nc(-c8ccc(-c9ccccc9)cc8)n7)cc6)c5c4[2H])c([2H])c([2H])c([2H])c32)c1[2H]. The Kier molecular flexibility index (Phi) is 4.98. The Labute approximate surface area is 347 Å². The van der Waals surface area contributed by atoms with Gasteiger partial charge in [0.25, 0.3) is 0 Å². The summed E-state index contributed by atoms with van der Waals surface area (Å²) in [5.74, 6) is 1.16. The van der Waals surface area contributed by atoms with E-state index >= 15 is 0 Å². The van der Waals surface area contributed by atoms with Crippen LogP contribution in [0.25, 0.3) is 104 Å². The first kappa shape index (κ1) is 21.0. The van der Waals surface area contributed by atoms with Crippen LogP contribution in [0.2, 0.25) is 0 Å². The van der Waals surface area contributed by atoms with E-state index in [1.54, 1.807) is 24.3 Å². The molecule has 0 aliphatic rings. The second-order valence-corrected chi connectivity index (χ2v) is 14.0. The van der Waals surface area contributed by atoms with Crippen LogP contribution < -0.4 is 0 Å². The predicted molar refractivity (Wildman–Crippen MR) is 234 cm³/mol. The van der Waals surface area contributed by atoms with Crippen LogP contribution in [0, 0.1) is 0 Å². The lowest BCUT2D eigenvalue weighted by atomic mass is 10.0. The van der Waals surface area contributed by atoms with Crippen LogP contribution >= 0.6 is 11.3 Å². The van der Waals surface area contributed by atoms with E-state index in [2.05, 4.69) is 0 Å². The highest BCUT2D eigenvalue weighted by atomic mass is 32.1. The first-order valence-electron chi connectivity index (χ1n) is 24.6. The van der Waals surface area contributed by atoms with Crippen LogP contribution in [0.5, 0.6) is 0 Å². The molecule has 11 aromatic rings. The standard InChI is InChI=1S/C51H32N4S/c1-3-12-33(13-4-1)34-22-24-36(25-23-34)50-52-49(35-14-5-2-6-15-35)53-51(54-50)37-26-29-39(30-27-37)55-45-20-9-7-16-41(45)42-31-28-38(32-46(42)55)40-18-11-19-44-43-17-8-10-21-47(43)56-48(40)44/h1-32H/i7D,8D,9D,10D,11D,16D,17D,18D,19D,20D,21D,28D,31D,32D. The number of thiophene rings is 1. The van der Waals surface area contributed by atoms with Crippen LogP contribution in [-0.4, -0.2) is 19.5 Å². The summed E-state index contributed by atoms with van der Waals surface area (Å²) in [7, 11) is 0. The van der Waals surface area contributed by atoms with Crippen LogP contribution in [0.3, 0.4) is 0 Å². The van der Waals surface area contributed by atoms with Crippen molar-refractivity contribution in [2.45, 2.75) is 0 Å². The van der Waals surface area contributed by atoms with Gasteiger partial charge in [-0.05, 0) is 64.6 Å². The van der Waals surface area contributed by atoms with Crippen molar-refractivity contribution in [3.05, 3.63) is 194 Å². The van der Waals surface area contributed by atoms with Gasteiger partial charge in [-0.1, -0.05) is 151 Å². The summed E-state index contributed by atoms with van der Waals surface area (Å²) in [6, 6.07) is 26.7. The molecule has 0 radical (unpaired) electrons. The highest BCUT2D eigenvalue weighted by molar-refractivity contribution is 7.26. The zero-order valence-electron chi connectivity index (χ0n) is 43.1. The number of hydrogen-bond acceptors (Lipinski definition) is 4. The summed E-state index contributed by atoms with van der Waals surface area (Å²) in [6.45, 7) is 0. The summed E-state index contributed by atoms with van der Waals surface area (Å²) in [5, 5.41) is -0.346. The van der Waals surface area contributed by atoms with E-state index < -0.39 is 84.6 Å². The van der Waals surface area contributed by atoms with Crippen molar-refractivity contribution in [2.24, 2.45) is 0 Å². The molecule has 0 aliphatic heterocycles. The van der Waals surface area contributed by atoms with E-state index in [4.69, 9.17) is 27.3 Å². The maximum Gasteiger partial charge on any atom is 0.164 e. The molecule has 3 aromatic heterocycles. The number of aromatic nitrogens is 4. The molecule has 0 fully saturated rings. The minimum absolute atomic E-state index is 0.0451.